The van der Waals surface area contributed by atoms with E-state index >= 15 is 0 Å². The Labute approximate surface area is 208 Å². The number of hydrogen-bond acceptors (Lipinski definition) is 3. The summed E-state index contributed by atoms with van der Waals surface area (Å²) in [5, 5.41) is 10.3. The Kier molecular flexibility index (Phi) is 5.19. The Morgan fingerprint density at radius 2 is 1.17 bits per heavy atom. The fourth-order valence-corrected chi connectivity index (χ4v) is 4.66. The lowest BCUT2D eigenvalue weighted by molar-refractivity contribution is -0.137. The first-order valence-electron chi connectivity index (χ1n) is 11.1. The number of nitrogens with zero attached hydrogens (tertiary/aromatic N) is 2. The highest BCUT2D eigenvalue weighted by Crippen LogP contribution is 2.34. The van der Waals surface area contributed by atoms with E-state index in [9.17, 15) is 13.2 Å². The lowest BCUT2D eigenvalue weighted by Gasteiger charge is -2.13. The highest BCUT2D eigenvalue weighted by atomic mass is 32.1. The third kappa shape index (κ3) is 3.95. The number of aromatic nitrogens is 2. The fraction of sp³-hybridized carbons (Fsp3) is 0.0357. The van der Waals surface area contributed by atoms with Crippen LogP contribution in [0, 0.1) is 0 Å². The Bertz CT molecular complexity index is 1810. The van der Waals surface area contributed by atoms with Gasteiger partial charge in [0.05, 0.1) is 27.6 Å². The van der Waals surface area contributed by atoms with E-state index in [0.29, 0.717) is 11.2 Å². The van der Waals surface area contributed by atoms with Crippen LogP contribution >= 0.6 is 12.2 Å². The molecule has 0 spiro atoms. The zero-order chi connectivity index (χ0) is 24.9. The second-order valence-corrected chi connectivity index (χ2v) is 8.78. The third-order valence-electron chi connectivity index (χ3n) is 6.02. The van der Waals surface area contributed by atoms with E-state index in [-0.39, 0.29) is 10.8 Å². The Hall–Kier alpha value is -4.30. The van der Waals surface area contributed by atoms with Crippen LogP contribution < -0.4 is 10.6 Å². The molecule has 0 unspecified atom stereocenters. The number of fused-ring (bicyclic) bond motifs is 7. The molecule has 0 aliphatic rings. The molecule has 1 heterocycles. The van der Waals surface area contributed by atoms with Gasteiger partial charge in [-0.3, -0.25) is 0 Å². The van der Waals surface area contributed by atoms with Gasteiger partial charge in [0.1, 0.15) is 0 Å². The summed E-state index contributed by atoms with van der Waals surface area (Å²) in [6.45, 7) is 0. The number of rotatable bonds is 2. The van der Waals surface area contributed by atoms with Crippen LogP contribution in [0.25, 0.3) is 43.6 Å². The summed E-state index contributed by atoms with van der Waals surface area (Å²) < 4.78 is 39.0. The molecule has 6 aromatic rings. The van der Waals surface area contributed by atoms with E-state index in [0.717, 1.165) is 50.2 Å². The lowest BCUT2D eigenvalue weighted by Crippen LogP contribution is -2.19. The van der Waals surface area contributed by atoms with Crippen molar-refractivity contribution in [2.45, 2.75) is 6.18 Å². The first-order chi connectivity index (χ1) is 17.4. The largest absolute Gasteiger partial charge is 0.416 e. The molecule has 0 aliphatic heterocycles. The van der Waals surface area contributed by atoms with Gasteiger partial charge in [-0.15, -0.1) is 0 Å². The van der Waals surface area contributed by atoms with Crippen LogP contribution in [0.2, 0.25) is 0 Å². The lowest BCUT2D eigenvalue weighted by atomic mass is 9.99. The Morgan fingerprint density at radius 1 is 0.611 bits per heavy atom. The second kappa shape index (κ2) is 8.42. The van der Waals surface area contributed by atoms with E-state index in [1.165, 1.54) is 12.1 Å². The van der Waals surface area contributed by atoms with Crippen LogP contribution in [-0.2, 0) is 6.18 Å². The quantitative estimate of drug-likeness (QED) is 0.144. The molecule has 2 N–H and O–H groups in total. The van der Waals surface area contributed by atoms with Crippen LogP contribution in [0.4, 0.5) is 24.5 Å². The Balaban J connectivity index is 1.38. The van der Waals surface area contributed by atoms with E-state index in [1.807, 2.05) is 48.5 Å². The minimum Gasteiger partial charge on any atom is -0.332 e. The molecule has 0 saturated carbocycles. The predicted octanol–water partition coefficient (Wildman–Crippen LogP) is 7.92. The third-order valence-corrected chi connectivity index (χ3v) is 6.23. The summed E-state index contributed by atoms with van der Waals surface area (Å²) in [6.07, 6.45) is -4.43. The molecule has 0 atom stereocenters. The summed E-state index contributed by atoms with van der Waals surface area (Å²) in [4.78, 5) is 9.89. The van der Waals surface area contributed by atoms with Crippen molar-refractivity contribution in [1.82, 2.24) is 9.97 Å². The summed E-state index contributed by atoms with van der Waals surface area (Å²) in [6, 6.07) is 26.6. The number of nitrogens with one attached hydrogen (secondary N) is 2. The van der Waals surface area contributed by atoms with Gasteiger partial charge < -0.3 is 10.6 Å². The molecule has 0 bridgehead atoms. The molecule has 0 radical (unpaired) electrons. The smallest absolute Gasteiger partial charge is 0.332 e. The van der Waals surface area contributed by atoms with E-state index < -0.39 is 11.7 Å². The van der Waals surface area contributed by atoms with Gasteiger partial charge in [-0.2, -0.15) is 13.2 Å². The predicted molar refractivity (Wildman–Crippen MR) is 143 cm³/mol. The second-order valence-electron chi connectivity index (χ2n) is 8.37. The molecule has 36 heavy (non-hydrogen) atoms. The number of halogens is 3. The van der Waals surface area contributed by atoms with Gasteiger partial charge >= 0.3 is 6.18 Å². The minimum absolute atomic E-state index is 0.166. The maximum atomic E-state index is 13.0. The van der Waals surface area contributed by atoms with Crippen LogP contribution in [0.5, 0.6) is 0 Å². The van der Waals surface area contributed by atoms with Gasteiger partial charge in [0, 0.05) is 22.1 Å². The molecule has 0 aliphatic carbocycles. The minimum atomic E-state index is -4.43. The van der Waals surface area contributed by atoms with Crippen LogP contribution in [-0.4, -0.2) is 15.1 Å². The average molecular weight is 499 g/mol. The maximum absolute atomic E-state index is 13.0. The van der Waals surface area contributed by atoms with Gasteiger partial charge in [0.25, 0.3) is 0 Å². The number of alkyl halides is 3. The van der Waals surface area contributed by atoms with E-state index in [2.05, 4.69) is 28.8 Å². The van der Waals surface area contributed by atoms with Crippen molar-refractivity contribution in [3.8, 4) is 0 Å². The molecule has 5 aromatic carbocycles. The number of anilines is 2. The molecule has 6 rings (SSSR count). The average Bonchev–Trinajstić information content (AvgIpc) is 2.87. The number of hydrogen-bond donors (Lipinski definition) is 2. The zero-order valence-electron chi connectivity index (χ0n) is 18.6. The van der Waals surface area contributed by atoms with Crippen molar-refractivity contribution in [1.29, 1.82) is 0 Å². The van der Waals surface area contributed by atoms with Gasteiger partial charge in [-0.1, -0.05) is 54.6 Å². The SMILES string of the molecule is FC(F)(F)c1cccc(NC(=S)Nc2ccc3nc4c5ccccc5c5ccccc5c4nc3c2)c1. The Morgan fingerprint density at radius 3 is 1.78 bits per heavy atom. The van der Waals surface area contributed by atoms with Gasteiger partial charge in [-0.05, 0) is 59.4 Å². The molecule has 0 fully saturated rings. The zero-order valence-corrected chi connectivity index (χ0v) is 19.4. The molecular weight excluding hydrogens is 481 g/mol. The highest BCUT2D eigenvalue weighted by molar-refractivity contribution is 7.80. The van der Waals surface area contributed by atoms with Gasteiger partial charge in [-0.25, -0.2) is 9.97 Å². The molecule has 0 saturated heterocycles. The van der Waals surface area contributed by atoms with Crippen molar-refractivity contribution in [2.24, 2.45) is 0 Å². The number of thiocarbonyl (C=S) groups is 1. The van der Waals surface area contributed by atoms with Crippen molar-refractivity contribution < 1.29 is 13.2 Å². The molecule has 8 heteroatoms. The summed E-state index contributed by atoms with van der Waals surface area (Å²) in [5.41, 5.74) is 3.18. The molecule has 176 valence electrons. The first-order valence-corrected chi connectivity index (χ1v) is 11.5. The van der Waals surface area contributed by atoms with Crippen LogP contribution in [0.1, 0.15) is 5.56 Å². The molecule has 1 aromatic heterocycles. The van der Waals surface area contributed by atoms with Crippen molar-refractivity contribution in [2.75, 3.05) is 10.6 Å². The molecule has 0 amide bonds. The summed E-state index contributed by atoms with van der Waals surface area (Å²) in [5.74, 6) is 0. The van der Waals surface area contributed by atoms with Gasteiger partial charge in [0.15, 0.2) is 5.11 Å². The molecule has 4 nitrogen and oxygen atoms in total. The normalized spacial score (nSPS) is 11.9. The van der Waals surface area contributed by atoms with E-state index in [4.69, 9.17) is 22.2 Å². The monoisotopic (exact) mass is 498 g/mol. The summed E-state index contributed by atoms with van der Waals surface area (Å²) in [7, 11) is 0. The van der Waals surface area contributed by atoms with Crippen LogP contribution in [0.3, 0.4) is 0 Å². The summed E-state index contributed by atoms with van der Waals surface area (Å²) >= 11 is 5.33. The maximum Gasteiger partial charge on any atom is 0.416 e. The van der Waals surface area contributed by atoms with E-state index in [1.54, 1.807) is 0 Å². The fourth-order valence-electron chi connectivity index (χ4n) is 4.42. The first kappa shape index (κ1) is 22.2. The standard InChI is InChI=1S/C28H17F3N4S/c29-28(30,31)16-6-5-7-17(14-16)32-27(36)33-18-12-13-23-24(15-18)35-26-22-11-4-2-9-20(22)19-8-1-3-10-21(19)25(26)34-23/h1-15H,(H2,32,33,36). The van der Waals surface area contributed by atoms with Crippen molar-refractivity contribution >= 4 is 72.3 Å². The van der Waals surface area contributed by atoms with Crippen molar-refractivity contribution in [3.63, 3.8) is 0 Å². The molecular formula is C28H17F3N4S. The number of benzene rings is 5. The topological polar surface area (TPSA) is 49.8 Å². The van der Waals surface area contributed by atoms with Crippen molar-refractivity contribution in [3.05, 3.63) is 96.6 Å². The van der Waals surface area contributed by atoms with Crippen LogP contribution in [0.15, 0.2) is 91.0 Å². The van der Waals surface area contributed by atoms with Gasteiger partial charge in [0.2, 0.25) is 0 Å². The highest BCUT2D eigenvalue weighted by Gasteiger charge is 2.30.